The Hall–Kier alpha value is -3.31. The van der Waals surface area contributed by atoms with Crippen LogP contribution in [0, 0.1) is 0 Å². The molecular weight excluding hydrogens is 496 g/mol. The predicted molar refractivity (Wildman–Crippen MR) is 139 cm³/mol. The zero-order valence-electron chi connectivity index (χ0n) is 20.9. The first-order chi connectivity index (χ1) is 17.8. The number of nitrogens with zero attached hydrogens (tertiary/aromatic N) is 6. The molecule has 0 bridgehead atoms. The summed E-state index contributed by atoms with van der Waals surface area (Å²) < 4.78 is 27.1. The Labute approximate surface area is 218 Å². The first kappa shape index (κ1) is 24.1. The molecule has 2 saturated heterocycles. The lowest BCUT2D eigenvalue weighted by Crippen LogP contribution is -2.34. The van der Waals surface area contributed by atoms with Crippen LogP contribution in [0.25, 0.3) is 21.9 Å². The van der Waals surface area contributed by atoms with Crippen LogP contribution in [0.15, 0.2) is 54.0 Å². The van der Waals surface area contributed by atoms with E-state index in [9.17, 15) is 0 Å². The quantitative estimate of drug-likeness (QED) is 0.272. The molecule has 1 aromatic carbocycles. The molecule has 10 nitrogen and oxygen atoms in total. The molecule has 2 aliphatic rings. The molecule has 4 aromatic rings. The predicted octanol–water partition coefficient (Wildman–Crippen LogP) is 4.35. The SMILES string of the molecule is CN(C)/C=N/c1ncnc2c1ccn2[C@@H]1O[C@H](COc2cc3ncccc3cc2Cl)[C@H]2OC(C)(C)O[C@H]21. The average molecular weight is 523 g/mol. The summed E-state index contributed by atoms with van der Waals surface area (Å²) in [5, 5.41) is 2.27. The molecule has 11 heteroatoms. The number of ether oxygens (including phenoxy) is 4. The maximum absolute atomic E-state index is 6.50. The molecule has 37 heavy (non-hydrogen) atoms. The van der Waals surface area contributed by atoms with Crippen LogP contribution in [0.2, 0.25) is 5.02 Å². The minimum absolute atomic E-state index is 0.224. The van der Waals surface area contributed by atoms with E-state index in [2.05, 4.69) is 19.9 Å². The lowest BCUT2D eigenvalue weighted by atomic mass is 10.1. The maximum Gasteiger partial charge on any atom is 0.166 e. The van der Waals surface area contributed by atoms with Crippen molar-refractivity contribution in [1.82, 2.24) is 24.4 Å². The van der Waals surface area contributed by atoms with Crippen molar-refractivity contribution in [2.24, 2.45) is 4.99 Å². The van der Waals surface area contributed by atoms with Gasteiger partial charge in [-0.3, -0.25) is 4.98 Å². The van der Waals surface area contributed by atoms with Gasteiger partial charge in [0.2, 0.25) is 0 Å². The summed E-state index contributed by atoms with van der Waals surface area (Å²) in [5.74, 6) is 0.353. The lowest BCUT2D eigenvalue weighted by molar-refractivity contribution is -0.198. The van der Waals surface area contributed by atoms with E-state index >= 15 is 0 Å². The number of hydrogen-bond acceptors (Lipinski definition) is 8. The molecular formula is C26H27ClN6O4. The summed E-state index contributed by atoms with van der Waals surface area (Å²) in [6.07, 6.45) is 5.27. The minimum Gasteiger partial charge on any atom is -0.489 e. The molecule has 5 heterocycles. The number of halogens is 1. The van der Waals surface area contributed by atoms with Crippen LogP contribution in [-0.4, -0.2) is 75.6 Å². The van der Waals surface area contributed by atoms with Crippen molar-refractivity contribution in [2.45, 2.75) is 44.2 Å². The van der Waals surface area contributed by atoms with Gasteiger partial charge < -0.3 is 28.4 Å². The van der Waals surface area contributed by atoms with Crippen LogP contribution >= 0.6 is 11.6 Å². The molecule has 2 fully saturated rings. The third kappa shape index (κ3) is 4.50. The standard InChI is InChI=1S/C26H27ClN6O4/c1-26(2)36-21-20(12-34-19-11-18-15(10-17(19)27)6-5-8-28-18)35-25(22(21)37-26)33-9-7-16-23(31-14-32(3)4)29-13-30-24(16)33/h5-11,13-14,20-22,25H,12H2,1-4H3/b31-14+/t20-,21-,22-,25-/m1/s1. The number of hydrogen-bond donors (Lipinski definition) is 0. The second-order valence-corrected chi connectivity index (χ2v) is 10.2. The first-order valence-corrected chi connectivity index (χ1v) is 12.4. The Kier molecular flexibility index (Phi) is 5.99. The van der Waals surface area contributed by atoms with Crippen molar-refractivity contribution in [2.75, 3.05) is 20.7 Å². The van der Waals surface area contributed by atoms with E-state index < -0.39 is 18.1 Å². The fraction of sp³-hybridized carbons (Fsp3) is 0.385. The van der Waals surface area contributed by atoms with Crippen molar-refractivity contribution < 1.29 is 18.9 Å². The maximum atomic E-state index is 6.50. The monoisotopic (exact) mass is 522 g/mol. The molecule has 192 valence electrons. The molecule has 0 N–H and O–H groups in total. The summed E-state index contributed by atoms with van der Waals surface area (Å²) >= 11 is 6.50. The molecule has 3 aromatic heterocycles. The van der Waals surface area contributed by atoms with Crippen LogP contribution in [0.4, 0.5) is 5.82 Å². The van der Waals surface area contributed by atoms with Crippen molar-refractivity contribution in [3.05, 3.63) is 54.1 Å². The van der Waals surface area contributed by atoms with Crippen LogP contribution in [-0.2, 0) is 14.2 Å². The summed E-state index contributed by atoms with van der Waals surface area (Å²) in [6, 6.07) is 9.45. The molecule has 0 spiro atoms. The highest BCUT2D eigenvalue weighted by Gasteiger charge is 2.56. The smallest absolute Gasteiger partial charge is 0.166 e. The van der Waals surface area contributed by atoms with Gasteiger partial charge >= 0.3 is 0 Å². The van der Waals surface area contributed by atoms with Crippen LogP contribution in [0.3, 0.4) is 0 Å². The van der Waals surface area contributed by atoms with Gasteiger partial charge in [-0.15, -0.1) is 0 Å². The van der Waals surface area contributed by atoms with Gasteiger partial charge in [-0.2, -0.15) is 0 Å². The zero-order valence-corrected chi connectivity index (χ0v) is 21.7. The second-order valence-electron chi connectivity index (χ2n) is 9.79. The average Bonchev–Trinajstić information content (AvgIpc) is 3.52. The fourth-order valence-electron chi connectivity index (χ4n) is 4.81. The minimum atomic E-state index is -0.765. The van der Waals surface area contributed by atoms with Crippen LogP contribution < -0.4 is 4.74 Å². The summed E-state index contributed by atoms with van der Waals surface area (Å²) in [4.78, 5) is 19.6. The van der Waals surface area contributed by atoms with Crippen molar-refractivity contribution in [1.29, 1.82) is 0 Å². The third-order valence-corrected chi connectivity index (χ3v) is 6.65. The zero-order chi connectivity index (χ0) is 25.7. The van der Waals surface area contributed by atoms with Crippen LogP contribution in [0.1, 0.15) is 20.1 Å². The summed E-state index contributed by atoms with van der Waals surface area (Å²) in [5.41, 5.74) is 1.50. The van der Waals surface area contributed by atoms with E-state index in [0.717, 1.165) is 16.3 Å². The molecule has 6 rings (SSSR count). The van der Waals surface area contributed by atoms with Gasteiger partial charge in [0.1, 0.15) is 42.6 Å². The van der Waals surface area contributed by atoms with E-state index in [1.807, 2.05) is 73.9 Å². The van der Waals surface area contributed by atoms with E-state index in [4.69, 9.17) is 30.5 Å². The largest absolute Gasteiger partial charge is 0.489 e. The van der Waals surface area contributed by atoms with Gasteiger partial charge in [0.05, 0.1) is 22.3 Å². The summed E-state index contributed by atoms with van der Waals surface area (Å²) in [6.45, 7) is 4.02. The Bertz CT molecular complexity index is 1490. The number of rotatable bonds is 6. The number of benzene rings is 1. The Balaban J connectivity index is 1.28. The molecule has 0 amide bonds. The lowest BCUT2D eigenvalue weighted by Gasteiger charge is -2.25. The van der Waals surface area contributed by atoms with Gasteiger partial charge in [-0.1, -0.05) is 17.7 Å². The summed E-state index contributed by atoms with van der Waals surface area (Å²) in [7, 11) is 3.81. The Morgan fingerprint density at radius 2 is 2.00 bits per heavy atom. The highest BCUT2D eigenvalue weighted by atomic mass is 35.5. The molecule has 4 atom stereocenters. The highest BCUT2D eigenvalue weighted by Crippen LogP contribution is 2.44. The number of aliphatic imine (C=N–C) groups is 1. The van der Waals surface area contributed by atoms with Gasteiger partial charge in [0.15, 0.2) is 17.8 Å². The Morgan fingerprint density at radius 3 is 2.84 bits per heavy atom. The van der Waals surface area contributed by atoms with Crippen molar-refractivity contribution in [3.8, 4) is 5.75 Å². The topological polar surface area (TPSA) is 96.1 Å². The molecule has 2 aliphatic heterocycles. The third-order valence-electron chi connectivity index (χ3n) is 6.36. The van der Waals surface area contributed by atoms with Crippen molar-refractivity contribution in [3.63, 3.8) is 0 Å². The van der Waals surface area contributed by atoms with Gasteiger partial charge in [-0.05, 0) is 32.0 Å². The highest BCUT2D eigenvalue weighted by molar-refractivity contribution is 6.32. The fourth-order valence-corrected chi connectivity index (χ4v) is 5.04. The van der Waals surface area contributed by atoms with Gasteiger partial charge in [0, 0.05) is 37.9 Å². The first-order valence-electron chi connectivity index (χ1n) is 12.0. The van der Waals surface area contributed by atoms with E-state index in [-0.39, 0.29) is 18.8 Å². The number of pyridine rings is 1. The molecule has 0 radical (unpaired) electrons. The molecule has 0 unspecified atom stereocenters. The normalized spacial score (nSPS) is 24.8. The van der Waals surface area contributed by atoms with E-state index in [1.165, 1.54) is 6.33 Å². The Morgan fingerprint density at radius 1 is 1.16 bits per heavy atom. The number of fused-ring (bicyclic) bond motifs is 3. The van der Waals surface area contributed by atoms with Gasteiger partial charge in [-0.25, -0.2) is 15.0 Å². The number of aromatic nitrogens is 4. The molecule has 0 aliphatic carbocycles. The van der Waals surface area contributed by atoms with Crippen LogP contribution in [0.5, 0.6) is 5.75 Å². The molecule has 0 saturated carbocycles. The van der Waals surface area contributed by atoms with E-state index in [0.29, 0.717) is 22.2 Å². The second kappa shape index (κ2) is 9.21. The van der Waals surface area contributed by atoms with E-state index in [1.54, 1.807) is 12.5 Å². The van der Waals surface area contributed by atoms with Crippen molar-refractivity contribution >= 4 is 45.7 Å². The van der Waals surface area contributed by atoms with Gasteiger partial charge in [0.25, 0.3) is 0 Å².